The summed E-state index contributed by atoms with van der Waals surface area (Å²) in [6, 6.07) is 8.54. The molecule has 1 aromatic carbocycles. The Hall–Kier alpha value is -2.26. The standard InChI is InChI=1S/C16H16N2O6/c19-7-11-16(10-4-2-1-3-9(10)8-23-16)13(21)14(24-11)18-6-5-12(20)17-15(18)22/h1-6,11,13-14,19,21H,7-8H2,(H,17,20,22)/t11-,13+,14-,16-/m1/s1. The molecular weight excluding hydrogens is 316 g/mol. The van der Waals surface area contributed by atoms with Gasteiger partial charge in [-0.3, -0.25) is 14.3 Å². The molecule has 4 rings (SSSR count). The molecule has 126 valence electrons. The Balaban J connectivity index is 1.83. The Morgan fingerprint density at radius 1 is 1.29 bits per heavy atom. The smallest absolute Gasteiger partial charge is 0.330 e. The van der Waals surface area contributed by atoms with Gasteiger partial charge in [0.1, 0.15) is 12.2 Å². The minimum atomic E-state index is -1.26. The lowest BCUT2D eigenvalue weighted by molar-refractivity contribution is -0.135. The molecule has 8 nitrogen and oxygen atoms in total. The van der Waals surface area contributed by atoms with Gasteiger partial charge in [0.05, 0.1) is 13.2 Å². The maximum Gasteiger partial charge on any atom is 0.330 e. The third-order valence-corrected chi connectivity index (χ3v) is 4.69. The van der Waals surface area contributed by atoms with Crippen LogP contribution >= 0.6 is 0 Å². The number of nitrogens with zero attached hydrogens (tertiary/aromatic N) is 1. The molecule has 8 heteroatoms. The summed E-state index contributed by atoms with van der Waals surface area (Å²) in [5, 5.41) is 20.7. The highest BCUT2D eigenvalue weighted by Gasteiger charge is 2.61. The van der Waals surface area contributed by atoms with Crippen LogP contribution in [0.5, 0.6) is 0 Å². The van der Waals surface area contributed by atoms with E-state index in [4.69, 9.17) is 9.47 Å². The molecule has 1 fully saturated rings. The van der Waals surface area contributed by atoms with Crippen molar-refractivity contribution in [3.05, 3.63) is 68.5 Å². The van der Waals surface area contributed by atoms with Gasteiger partial charge in [0.2, 0.25) is 0 Å². The van der Waals surface area contributed by atoms with Crippen molar-refractivity contribution in [1.82, 2.24) is 9.55 Å². The monoisotopic (exact) mass is 332 g/mol. The molecule has 0 radical (unpaired) electrons. The normalized spacial score (nSPS) is 31.5. The Morgan fingerprint density at radius 2 is 2.08 bits per heavy atom. The average Bonchev–Trinajstić information content (AvgIpc) is 3.09. The lowest BCUT2D eigenvalue weighted by atomic mass is 9.84. The highest BCUT2D eigenvalue weighted by Crippen LogP contribution is 2.51. The molecule has 0 saturated carbocycles. The molecule has 3 N–H and O–H groups in total. The summed E-state index contributed by atoms with van der Waals surface area (Å²) in [6.07, 6.45) is -1.91. The van der Waals surface area contributed by atoms with Crippen molar-refractivity contribution in [2.75, 3.05) is 6.61 Å². The summed E-state index contributed by atoms with van der Waals surface area (Å²) in [6.45, 7) is -0.111. The topological polar surface area (TPSA) is 114 Å². The van der Waals surface area contributed by atoms with Crippen LogP contribution in [0.4, 0.5) is 0 Å². The number of H-pyrrole nitrogens is 1. The first-order valence-electron chi connectivity index (χ1n) is 7.56. The second-order valence-electron chi connectivity index (χ2n) is 5.90. The number of ether oxygens (including phenoxy) is 2. The average molecular weight is 332 g/mol. The number of fused-ring (bicyclic) bond motifs is 2. The highest BCUT2D eigenvalue weighted by molar-refractivity contribution is 5.39. The van der Waals surface area contributed by atoms with Crippen LogP contribution in [0.15, 0.2) is 46.1 Å². The van der Waals surface area contributed by atoms with Gasteiger partial charge < -0.3 is 19.7 Å². The summed E-state index contributed by atoms with van der Waals surface area (Å²) in [4.78, 5) is 25.4. The zero-order valence-electron chi connectivity index (χ0n) is 12.6. The van der Waals surface area contributed by atoms with E-state index in [9.17, 15) is 19.8 Å². The predicted molar refractivity (Wildman–Crippen MR) is 81.2 cm³/mol. The summed E-state index contributed by atoms with van der Waals surface area (Å²) in [5.41, 5.74) is -0.873. The summed E-state index contributed by atoms with van der Waals surface area (Å²) in [7, 11) is 0. The molecule has 1 aromatic heterocycles. The Morgan fingerprint density at radius 3 is 2.83 bits per heavy atom. The maximum absolute atomic E-state index is 12.0. The van der Waals surface area contributed by atoms with Crippen molar-refractivity contribution in [2.24, 2.45) is 0 Å². The van der Waals surface area contributed by atoms with Crippen molar-refractivity contribution < 1.29 is 19.7 Å². The Labute approximate surface area is 135 Å². The van der Waals surface area contributed by atoms with Crippen LogP contribution < -0.4 is 11.2 Å². The van der Waals surface area contributed by atoms with Gasteiger partial charge in [-0.15, -0.1) is 0 Å². The van der Waals surface area contributed by atoms with Gasteiger partial charge in [-0.2, -0.15) is 0 Å². The van der Waals surface area contributed by atoms with E-state index in [-0.39, 0.29) is 13.2 Å². The fourth-order valence-corrected chi connectivity index (χ4v) is 3.58. The van der Waals surface area contributed by atoms with Gasteiger partial charge in [0, 0.05) is 12.3 Å². The molecule has 0 amide bonds. The number of aliphatic hydroxyl groups is 2. The fraction of sp³-hybridized carbons (Fsp3) is 0.375. The van der Waals surface area contributed by atoms with Gasteiger partial charge >= 0.3 is 5.69 Å². The highest BCUT2D eigenvalue weighted by atomic mass is 16.6. The lowest BCUT2D eigenvalue weighted by Crippen LogP contribution is -2.46. The molecular formula is C16H16N2O6. The number of benzene rings is 1. The van der Waals surface area contributed by atoms with E-state index in [0.29, 0.717) is 0 Å². The van der Waals surface area contributed by atoms with E-state index >= 15 is 0 Å². The first-order chi connectivity index (χ1) is 11.6. The van der Waals surface area contributed by atoms with Crippen LogP contribution in [0.1, 0.15) is 17.4 Å². The van der Waals surface area contributed by atoms with Crippen molar-refractivity contribution in [3.8, 4) is 0 Å². The number of hydrogen-bond acceptors (Lipinski definition) is 6. The quantitative estimate of drug-likeness (QED) is 0.664. The molecule has 2 aliphatic rings. The third kappa shape index (κ3) is 1.94. The molecule has 0 unspecified atom stereocenters. The largest absolute Gasteiger partial charge is 0.394 e. The van der Waals surface area contributed by atoms with E-state index in [2.05, 4.69) is 4.98 Å². The number of aromatic amines is 1. The maximum atomic E-state index is 12.0. The molecule has 0 aliphatic carbocycles. The second-order valence-corrected chi connectivity index (χ2v) is 5.90. The Kier molecular flexibility index (Phi) is 3.43. The van der Waals surface area contributed by atoms with Crippen molar-refractivity contribution >= 4 is 0 Å². The van der Waals surface area contributed by atoms with Gasteiger partial charge in [0.25, 0.3) is 5.56 Å². The molecule has 2 aliphatic heterocycles. The van der Waals surface area contributed by atoms with E-state index in [1.165, 1.54) is 12.3 Å². The SMILES string of the molecule is O=c1ccn([C@@H]2O[C@H](CO)[C@@]3(OCc4ccccc43)[C@H]2O)c(=O)[nH]1. The molecule has 1 saturated heterocycles. The van der Waals surface area contributed by atoms with Gasteiger partial charge in [-0.25, -0.2) is 4.79 Å². The number of aromatic nitrogens is 2. The lowest BCUT2D eigenvalue weighted by Gasteiger charge is -2.31. The number of rotatable bonds is 2. The van der Waals surface area contributed by atoms with Crippen LogP contribution in [-0.2, 0) is 21.7 Å². The van der Waals surface area contributed by atoms with Crippen molar-refractivity contribution in [3.63, 3.8) is 0 Å². The second kappa shape index (κ2) is 5.38. The Bertz CT molecular complexity index is 890. The van der Waals surface area contributed by atoms with Crippen molar-refractivity contribution in [1.29, 1.82) is 0 Å². The van der Waals surface area contributed by atoms with E-state index in [1.54, 1.807) is 0 Å². The van der Waals surface area contributed by atoms with Crippen LogP contribution in [0.25, 0.3) is 0 Å². The van der Waals surface area contributed by atoms with Gasteiger partial charge in [-0.05, 0) is 11.1 Å². The van der Waals surface area contributed by atoms with Gasteiger partial charge in [0.15, 0.2) is 11.8 Å². The first-order valence-corrected chi connectivity index (χ1v) is 7.56. The number of hydrogen-bond donors (Lipinski definition) is 3. The van der Waals surface area contributed by atoms with Crippen LogP contribution in [0.2, 0.25) is 0 Å². The molecule has 3 heterocycles. The molecule has 1 spiro atoms. The predicted octanol–water partition coefficient (Wildman–Crippen LogP) is -0.787. The molecule has 2 aromatic rings. The van der Waals surface area contributed by atoms with Crippen LogP contribution in [0, 0.1) is 0 Å². The fourth-order valence-electron chi connectivity index (χ4n) is 3.58. The number of nitrogens with one attached hydrogen (secondary N) is 1. The summed E-state index contributed by atoms with van der Waals surface area (Å²) in [5.74, 6) is 0. The van der Waals surface area contributed by atoms with Crippen LogP contribution in [-0.4, -0.2) is 38.6 Å². The van der Waals surface area contributed by atoms with E-state index in [0.717, 1.165) is 15.7 Å². The third-order valence-electron chi connectivity index (χ3n) is 4.69. The van der Waals surface area contributed by atoms with Gasteiger partial charge in [-0.1, -0.05) is 24.3 Å². The molecule has 4 atom stereocenters. The molecule has 0 bridgehead atoms. The minimum Gasteiger partial charge on any atom is -0.394 e. The van der Waals surface area contributed by atoms with Crippen LogP contribution in [0.3, 0.4) is 0 Å². The first kappa shape index (κ1) is 15.3. The van der Waals surface area contributed by atoms with E-state index in [1.807, 2.05) is 24.3 Å². The van der Waals surface area contributed by atoms with E-state index < -0.39 is 35.3 Å². The minimum absolute atomic E-state index is 0.278. The zero-order valence-corrected chi connectivity index (χ0v) is 12.6. The summed E-state index contributed by atoms with van der Waals surface area (Å²) >= 11 is 0. The number of aliphatic hydroxyl groups excluding tert-OH is 2. The summed E-state index contributed by atoms with van der Waals surface area (Å²) < 4.78 is 12.7. The molecule has 24 heavy (non-hydrogen) atoms. The van der Waals surface area contributed by atoms with Crippen molar-refractivity contribution in [2.45, 2.75) is 30.6 Å². The zero-order chi connectivity index (χ0) is 16.9.